The summed E-state index contributed by atoms with van der Waals surface area (Å²) in [5, 5.41) is 3.35. The molecule has 1 aliphatic rings. The Hall–Kier alpha value is -1.13. The van der Waals surface area contributed by atoms with E-state index in [1.807, 2.05) is 6.20 Å². The van der Waals surface area contributed by atoms with E-state index in [2.05, 4.69) is 53.1 Å². The molecule has 1 saturated heterocycles. The molecule has 0 radical (unpaired) electrons. The third-order valence-corrected chi connectivity index (χ3v) is 3.83. The fraction of sp³-hybridized carbons (Fsp3) is 0.667. The molecule has 4 nitrogen and oxygen atoms in total. The first-order valence-corrected chi connectivity index (χ1v) is 7.30. The zero-order valence-corrected chi connectivity index (χ0v) is 12.4. The van der Waals surface area contributed by atoms with Gasteiger partial charge in [0, 0.05) is 45.0 Å². The molecule has 1 atom stereocenters. The van der Waals surface area contributed by atoms with E-state index in [0.717, 1.165) is 45.0 Å². The van der Waals surface area contributed by atoms with E-state index in [1.165, 1.54) is 5.56 Å². The maximum Gasteiger partial charge on any atom is 0.126 e. The van der Waals surface area contributed by atoms with Gasteiger partial charge in [0.25, 0.3) is 0 Å². The summed E-state index contributed by atoms with van der Waals surface area (Å²) in [6.07, 6.45) is 3.04. The fourth-order valence-electron chi connectivity index (χ4n) is 2.45. The van der Waals surface area contributed by atoms with Gasteiger partial charge in [0.1, 0.15) is 5.82 Å². The van der Waals surface area contributed by atoms with Crippen molar-refractivity contribution >= 4 is 5.82 Å². The Morgan fingerprint density at radius 1 is 1.42 bits per heavy atom. The number of likely N-dealkylation sites (N-methyl/N-ethyl adjacent to an activating group) is 1. The van der Waals surface area contributed by atoms with E-state index >= 15 is 0 Å². The van der Waals surface area contributed by atoms with Crippen LogP contribution in [-0.4, -0.2) is 54.1 Å². The number of hydrogen-bond acceptors (Lipinski definition) is 4. The number of nitrogens with zero attached hydrogens (tertiary/aromatic N) is 3. The Morgan fingerprint density at radius 3 is 3.00 bits per heavy atom. The number of nitrogens with one attached hydrogen (secondary N) is 1. The van der Waals surface area contributed by atoms with E-state index in [0.29, 0.717) is 6.04 Å². The highest BCUT2D eigenvalue weighted by molar-refractivity contribution is 5.37. The third-order valence-electron chi connectivity index (χ3n) is 3.83. The molecule has 1 aromatic rings. The summed E-state index contributed by atoms with van der Waals surface area (Å²) >= 11 is 0. The van der Waals surface area contributed by atoms with Gasteiger partial charge in [-0.1, -0.05) is 6.92 Å². The highest BCUT2D eigenvalue weighted by Crippen LogP contribution is 2.13. The molecule has 0 spiro atoms. The Labute approximate surface area is 116 Å². The van der Waals surface area contributed by atoms with Gasteiger partial charge in [-0.3, -0.25) is 4.90 Å². The number of hydrogen-bond donors (Lipinski definition) is 1. The molecule has 1 aromatic heterocycles. The standard InChI is InChI=1S/C15H26N4/c1-4-6-16-15-10-14(5-7-17-15)12-19-9-8-18(3)13(2)11-19/h5,7,10,13H,4,6,8-9,11-12H2,1-3H3,(H,16,17). The van der Waals surface area contributed by atoms with Crippen molar-refractivity contribution in [3.8, 4) is 0 Å². The lowest BCUT2D eigenvalue weighted by Crippen LogP contribution is -2.49. The highest BCUT2D eigenvalue weighted by Gasteiger charge is 2.20. The number of pyridine rings is 1. The molecule has 1 aliphatic heterocycles. The van der Waals surface area contributed by atoms with Crippen LogP contribution in [0, 0.1) is 0 Å². The van der Waals surface area contributed by atoms with Crippen LogP contribution in [0.2, 0.25) is 0 Å². The van der Waals surface area contributed by atoms with Crippen molar-refractivity contribution in [3.63, 3.8) is 0 Å². The normalized spacial score (nSPS) is 21.5. The Bertz CT molecular complexity index is 393. The van der Waals surface area contributed by atoms with Crippen LogP contribution in [0.3, 0.4) is 0 Å². The predicted octanol–water partition coefficient (Wildman–Crippen LogP) is 2.04. The van der Waals surface area contributed by atoms with E-state index in [9.17, 15) is 0 Å². The first-order chi connectivity index (χ1) is 9.19. The Kier molecular flexibility index (Phi) is 5.16. The van der Waals surface area contributed by atoms with Crippen molar-refractivity contribution in [3.05, 3.63) is 23.9 Å². The molecular formula is C15H26N4. The number of piperazine rings is 1. The van der Waals surface area contributed by atoms with Crippen molar-refractivity contribution < 1.29 is 0 Å². The highest BCUT2D eigenvalue weighted by atomic mass is 15.3. The largest absolute Gasteiger partial charge is 0.370 e. The van der Waals surface area contributed by atoms with Crippen LogP contribution in [0.1, 0.15) is 25.8 Å². The minimum atomic E-state index is 0.647. The first kappa shape index (κ1) is 14.3. The maximum absolute atomic E-state index is 4.36. The molecular weight excluding hydrogens is 236 g/mol. The lowest BCUT2D eigenvalue weighted by Gasteiger charge is -2.37. The van der Waals surface area contributed by atoms with Gasteiger partial charge in [-0.15, -0.1) is 0 Å². The van der Waals surface area contributed by atoms with Gasteiger partial charge in [-0.05, 0) is 38.1 Å². The van der Waals surface area contributed by atoms with Crippen molar-refractivity contribution in [2.24, 2.45) is 0 Å². The molecule has 4 heteroatoms. The zero-order valence-electron chi connectivity index (χ0n) is 12.4. The van der Waals surface area contributed by atoms with Gasteiger partial charge < -0.3 is 10.2 Å². The first-order valence-electron chi connectivity index (χ1n) is 7.30. The van der Waals surface area contributed by atoms with Gasteiger partial charge in [0.05, 0.1) is 0 Å². The second-order valence-corrected chi connectivity index (χ2v) is 5.54. The Balaban J connectivity index is 1.91. The summed E-state index contributed by atoms with van der Waals surface area (Å²) in [4.78, 5) is 9.32. The van der Waals surface area contributed by atoms with Crippen LogP contribution in [0.25, 0.3) is 0 Å². The maximum atomic E-state index is 4.36. The van der Waals surface area contributed by atoms with Crippen molar-refractivity contribution in [1.29, 1.82) is 0 Å². The zero-order chi connectivity index (χ0) is 13.7. The molecule has 0 aliphatic carbocycles. The van der Waals surface area contributed by atoms with Gasteiger partial charge >= 0.3 is 0 Å². The van der Waals surface area contributed by atoms with Crippen LogP contribution in [-0.2, 0) is 6.54 Å². The fourth-order valence-corrected chi connectivity index (χ4v) is 2.45. The summed E-state index contributed by atoms with van der Waals surface area (Å²) in [6.45, 7) is 9.95. The molecule has 1 unspecified atom stereocenters. The van der Waals surface area contributed by atoms with Gasteiger partial charge in [0.15, 0.2) is 0 Å². The molecule has 0 amide bonds. The quantitative estimate of drug-likeness (QED) is 0.880. The van der Waals surface area contributed by atoms with Crippen molar-refractivity contribution in [2.45, 2.75) is 32.9 Å². The van der Waals surface area contributed by atoms with E-state index in [4.69, 9.17) is 0 Å². The number of rotatable bonds is 5. The summed E-state index contributed by atoms with van der Waals surface area (Å²) in [5.74, 6) is 1.00. The molecule has 0 saturated carbocycles. The summed E-state index contributed by atoms with van der Waals surface area (Å²) in [7, 11) is 2.21. The van der Waals surface area contributed by atoms with Gasteiger partial charge in [0.2, 0.25) is 0 Å². The molecule has 2 heterocycles. The molecule has 2 rings (SSSR count). The summed E-state index contributed by atoms with van der Waals surface area (Å²) < 4.78 is 0. The van der Waals surface area contributed by atoms with Crippen LogP contribution >= 0.6 is 0 Å². The smallest absolute Gasteiger partial charge is 0.126 e. The van der Waals surface area contributed by atoms with Crippen LogP contribution in [0.15, 0.2) is 18.3 Å². The summed E-state index contributed by atoms with van der Waals surface area (Å²) in [6, 6.07) is 4.95. The summed E-state index contributed by atoms with van der Waals surface area (Å²) in [5.41, 5.74) is 1.35. The molecule has 19 heavy (non-hydrogen) atoms. The lowest BCUT2D eigenvalue weighted by molar-refractivity contribution is 0.1000. The Morgan fingerprint density at radius 2 is 2.26 bits per heavy atom. The minimum absolute atomic E-state index is 0.647. The third kappa shape index (κ3) is 4.18. The molecule has 1 fully saturated rings. The van der Waals surface area contributed by atoms with Crippen LogP contribution in [0.4, 0.5) is 5.82 Å². The molecule has 106 valence electrons. The monoisotopic (exact) mass is 262 g/mol. The van der Waals surface area contributed by atoms with Crippen LogP contribution in [0.5, 0.6) is 0 Å². The lowest BCUT2D eigenvalue weighted by atomic mass is 10.1. The number of aromatic nitrogens is 1. The second kappa shape index (κ2) is 6.87. The number of anilines is 1. The topological polar surface area (TPSA) is 31.4 Å². The SMILES string of the molecule is CCCNc1cc(CN2CCN(C)C(C)C2)ccn1. The molecule has 0 aromatic carbocycles. The average Bonchev–Trinajstić information content (AvgIpc) is 2.41. The van der Waals surface area contributed by atoms with Gasteiger partial charge in [-0.2, -0.15) is 0 Å². The minimum Gasteiger partial charge on any atom is -0.370 e. The molecule has 1 N–H and O–H groups in total. The predicted molar refractivity (Wildman–Crippen MR) is 80.4 cm³/mol. The molecule has 0 bridgehead atoms. The second-order valence-electron chi connectivity index (χ2n) is 5.54. The van der Waals surface area contributed by atoms with E-state index in [-0.39, 0.29) is 0 Å². The van der Waals surface area contributed by atoms with Crippen molar-refractivity contribution in [2.75, 3.05) is 38.5 Å². The van der Waals surface area contributed by atoms with Crippen LogP contribution < -0.4 is 5.32 Å². The van der Waals surface area contributed by atoms with Gasteiger partial charge in [-0.25, -0.2) is 4.98 Å². The van der Waals surface area contributed by atoms with E-state index in [1.54, 1.807) is 0 Å². The van der Waals surface area contributed by atoms with Crippen molar-refractivity contribution in [1.82, 2.24) is 14.8 Å². The van der Waals surface area contributed by atoms with E-state index < -0.39 is 0 Å². The average molecular weight is 262 g/mol.